The van der Waals surface area contributed by atoms with E-state index in [1.54, 1.807) is 0 Å². The molecule has 3 N–H and O–H groups in total. The van der Waals surface area contributed by atoms with Crippen molar-refractivity contribution < 1.29 is 4.79 Å². The van der Waals surface area contributed by atoms with Crippen LogP contribution < -0.4 is 11.1 Å². The van der Waals surface area contributed by atoms with Gasteiger partial charge in [0.1, 0.15) is 0 Å². The lowest BCUT2D eigenvalue weighted by Crippen LogP contribution is -2.35. The van der Waals surface area contributed by atoms with Crippen molar-refractivity contribution in [1.82, 2.24) is 10.2 Å². The van der Waals surface area contributed by atoms with E-state index in [1.807, 2.05) is 36.1 Å². The first kappa shape index (κ1) is 20.5. The average molecular weight is 442 g/mol. The number of carbonyl (C=O) groups excluding carboxylic acids is 1. The summed E-state index contributed by atoms with van der Waals surface area (Å²) in [6.45, 7) is 8.59. The van der Waals surface area contributed by atoms with Crippen molar-refractivity contribution >= 4 is 35.8 Å². The fourth-order valence-electron chi connectivity index (χ4n) is 2.51. The Balaban J connectivity index is 0.00000288. The van der Waals surface area contributed by atoms with E-state index in [4.69, 9.17) is 5.73 Å². The van der Waals surface area contributed by atoms with Crippen LogP contribution in [0.4, 0.5) is 0 Å². The summed E-state index contributed by atoms with van der Waals surface area (Å²) in [6.07, 6.45) is 3.44. The number of nitrogens with two attached hydrogens (primary N) is 1. The molecule has 1 aromatic rings. The number of carbonyl (C=O) groups is 1. The minimum Gasteiger partial charge on any atom is -0.370 e. The Bertz CT molecular complexity index is 577. The Kier molecular flexibility index (Phi) is 8.81. The third kappa shape index (κ3) is 6.51. The van der Waals surface area contributed by atoms with Crippen LogP contribution in [0.5, 0.6) is 0 Å². The number of nitrogens with zero attached hydrogens (tertiary/aromatic N) is 2. The van der Waals surface area contributed by atoms with Gasteiger partial charge in [-0.25, -0.2) is 4.99 Å². The third-order valence-electron chi connectivity index (χ3n) is 3.85. The monoisotopic (exact) mass is 442 g/mol. The van der Waals surface area contributed by atoms with E-state index in [0.717, 1.165) is 42.6 Å². The lowest BCUT2D eigenvalue weighted by Gasteiger charge is -2.26. The van der Waals surface area contributed by atoms with Crippen LogP contribution in [0.1, 0.15) is 42.1 Å². The topological polar surface area (TPSA) is 70.7 Å². The maximum absolute atomic E-state index is 12.4. The van der Waals surface area contributed by atoms with Crippen LogP contribution in [0.3, 0.4) is 0 Å². The molecule has 0 aromatic heterocycles. The van der Waals surface area contributed by atoms with Crippen molar-refractivity contribution in [1.29, 1.82) is 0 Å². The number of piperidine rings is 1. The van der Waals surface area contributed by atoms with Gasteiger partial charge in [0, 0.05) is 25.2 Å². The second-order valence-corrected chi connectivity index (χ2v) is 6.06. The fraction of sp³-hybridized carbons (Fsp3) is 0.444. The molecule has 24 heavy (non-hydrogen) atoms. The van der Waals surface area contributed by atoms with E-state index in [1.165, 1.54) is 6.42 Å². The van der Waals surface area contributed by atoms with Crippen LogP contribution >= 0.6 is 24.0 Å². The predicted octanol–water partition coefficient (Wildman–Crippen LogP) is 2.91. The van der Waals surface area contributed by atoms with Crippen molar-refractivity contribution in [3.8, 4) is 0 Å². The molecule has 1 fully saturated rings. The first-order valence-electron chi connectivity index (χ1n) is 8.12. The molecule has 0 unspecified atom stereocenters. The predicted molar refractivity (Wildman–Crippen MR) is 110 cm³/mol. The first-order chi connectivity index (χ1) is 11.1. The first-order valence-corrected chi connectivity index (χ1v) is 8.12. The Hall–Kier alpha value is -1.57. The van der Waals surface area contributed by atoms with E-state index < -0.39 is 0 Å². The number of nitrogens with one attached hydrogen (secondary N) is 1. The fourth-order valence-corrected chi connectivity index (χ4v) is 2.51. The summed E-state index contributed by atoms with van der Waals surface area (Å²) in [6, 6.07) is 7.62. The second-order valence-electron chi connectivity index (χ2n) is 6.06. The van der Waals surface area contributed by atoms with Gasteiger partial charge >= 0.3 is 0 Å². The molecule has 5 nitrogen and oxygen atoms in total. The van der Waals surface area contributed by atoms with Crippen molar-refractivity contribution in [2.45, 2.75) is 32.7 Å². The molecule has 1 saturated heterocycles. The lowest BCUT2D eigenvalue weighted by atomic mass is 10.1. The van der Waals surface area contributed by atoms with Crippen molar-refractivity contribution in [2.24, 2.45) is 10.7 Å². The normalized spacial score (nSPS) is 14.7. The number of aliphatic imine (C=N–C) groups is 1. The van der Waals surface area contributed by atoms with Gasteiger partial charge in [-0.2, -0.15) is 0 Å². The molecule has 0 aliphatic carbocycles. The van der Waals surface area contributed by atoms with Gasteiger partial charge in [-0.3, -0.25) is 4.79 Å². The molecule has 1 aromatic carbocycles. The molecule has 0 spiro atoms. The SMILES string of the molecule is C=C(C)CNC(N)=NCc1ccc(C(=O)N2CCCCC2)cc1.I. The summed E-state index contributed by atoms with van der Waals surface area (Å²) < 4.78 is 0. The summed E-state index contributed by atoms with van der Waals surface area (Å²) in [5.74, 6) is 0.531. The maximum Gasteiger partial charge on any atom is 0.253 e. The molecule has 1 amide bonds. The molecule has 0 bridgehead atoms. The number of hydrogen-bond acceptors (Lipinski definition) is 2. The average Bonchev–Trinajstić information content (AvgIpc) is 2.58. The van der Waals surface area contributed by atoms with Crippen LogP contribution in [-0.2, 0) is 6.54 Å². The van der Waals surface area contributed by atoms with Crippen LogP contribution in [0.2, 0.25) is 0 Å². The summed E-state index contributed by atoms with van der Waals surface area (Å²) in [7, 11) is 0. The van der Waals surface area contributed by atoms with E-state index >= 15 is 0 Å². The van der Waals surface area contributed by atoms with Crippen LogP contribution in [-0.4, -0.2) is 36.4 Å². The second kappa shape index (κ2) is 10.3. The number of rotatable bonds is 5. The highest BCUT2D eigenvalue weighted by Crippen LogP contribution is 2.14. The molecule has 1 aliphatic heterocycles. The van der Waals surface area contributed by atoms with Crippen LogP contribution in [0, 0.1) is 0 Å². The standard InChI is InChI=1S/C18H26N4O.HI/c1-14(2)12-20-18(19)21-13-15-6-8-16(9-7-15)17(23)22-10-4-3-5-11-22;/h6-9H,1,3-5,10-13H2,2H3,(H3,19,20,21);1H. The van der Waals surface area contributed by atoms with Gasteiger partial charge < -0.3 is 16.0 Å². The Labute approximate surface area is 161 Å². The number of hydrogen-bond donors (Lipinski definition) is 2. The van der Waals surface area contributed by atoms with E-state index in [-0.39, 0.29) is 29.9 Å². The molecule has 1 aliphatic rings. The van der Waals surface area contributed by atoms with Gasteiger partial charge in [0.05, 0.1) is 6.54 Å². The number of amides is 1. The highest BCUT2D eigenvalue weighted by molar-refractivity contribution is 14.0. The molecule has 0 saturated carbocycles. The maximum atomic E-state index is 12.4. The van der Waals surface area contributed by atoms with Crippen LogP contribution in [0.15, 0.2) is 41.4 Å². The minimum atomic E-state index is 0. The summed E-state index contributed by atoms with van der Waals surface area (Å²) in [4.78, 5) is 18.6. The van der Waals surface area contributed by atoms with E-state index in [0.29, 0.717) is 19.0 Å². The number of guanidine groups is 1. The molecule has 2 rings (SSSR count). The van der Waals surface area contributed by atoms with Crippen molar-refractivity contribution in [3.05, 3.63) is 47.5 Å². The molecule has 1 heterocycles. The van der Waals surface area contributed by atoms with Gasteiger partial charge in [0.25, 0.3) is 5.91 Å². The zero-order chi connectivity index (χ0) is 16.7. The highest BCUT2D eigenvalue weighted by Gasteiger charge is 2.17. The van der Waals surface area contributed by atoms with Crippen molar-refractivity contribution in [2.75, 3.05) is 19.6 Å². The van der Waals surface area contributed by atoms with Crippen LogP contribution in [0.25, 0.3) is 0 Å². The summed E-state index contributed by atoms with van der Waals surface area (Å²) in [5, 5.41) is 2.99. The summed E-state index contributed by atoms with van der Waals surface area (Å²) >= 11 is 0. The lowest BCUT2D eigenvalue weighted by molar-refractivity contribution is 0.0724. The van der Waals surface area contributed by atoms with Gasteiger partial charge in [0.2, 0.25) is 0 Å². The molecule has 0 radical (unpaired) electrons. The molecule has 0 atom stereocenters. The van der Waals surface area contributed by atoms with Gasteiger partial charge in [-0.05, 0) is 43.9 Å². The van der Waals surface area contributed by atoms with E-state index in [9.17, 15) is 4.79 Å². The van der Waals surface area contributed by atoms with Gasteiger partial charge in [-0.1, -0.05) is 24.3 Å². The Morgan fingerprint density at radius 2 is 1.88 bits per heavy atom. The largest absolute Gasteiger partial charge is 0.370 e. The molecule has 6 heteroatoms. The zero-order valence-electron chi connectivity index (χ0n) is 14.3. The number of benzene rings is 1. The highest BCUT2D eigenvalue weighted by atomic mass is 127. The van der Waals surface area contributed by atoms with E-state index in [2.05, 4.69) is 16.9 Å². The molecular weight excluding hydrogens is 415 g/mol. The zero-order valence-corrected chi connectivity index (χ0v) is 16.6. The Morgan fingerprint density at radius 1 is 1.25 bits per heavy atom. The number of likely N-dealkylation sites (tertiary alicyclic amines) is 1. The molecule has 132 valence electrons. The Morgan fingerprint density at radius 3 is 2.46 bits per heavy atom. The quantitative estimate of drug-likeness (QED) is 0.319. The van der Waals surface area contributed by atoms with Gasteiger partial charge in [0.15, 0.2) is 5.96 Å². The third-order valence-corrected chi connectivity index (χ3v) is 3.85. The van der Waals surface area contributed by atoms with Gasteiger partial charge in [-0.15, -0.1) is 24.0 Å². The number of halogens is 1. The summed E-state index contributed by atoms with van der Waals surface area (Å²) in [5.41, 5.74) is 8.56. The smallest absolute Gasteiger partial charge is 0.253 e. The minimum absolute atomic E-state index is 0. The molecular formula is C18H27IN4O. The van der Waals surface area contributed by atoms with Crippen molar-refractivity contribution in [3.63, 3.8) is 0 Å².